The lowest BCUT2D eigenvalue weighted by Gasteiger charge is -2.36. The quantitative estimate of drug-likeness (QED) is 0.502. The molecule has 0 bridgehead atoms. The van der Waals surface area contributed by atoms with E-state index in [1.54, 1.807) is 18.2 Å². The highest BCUT2D eigenvalue weighted by Gasteiger charge is 2.17. The largest absolute Gasteiger partial charge is 0.452 e. The van der Waals surface area contributed by atoms with Crippen molar-refractivity contribution in [3.8, 4) is 0 Å². The molecule has 182 valence electrons. The van der Waals surface area contributed by atoms with Crippen LogP contribution in [-0.2, 0) is 16.1 Å². The first-order valence-electron chi connectivity index (χ1n) is 11.8. The first kappa shape index (κ1) is 24.3. The van der Waals surface area contributed by atoms with Gasteiger partial charge in [0.25, 0.3) is 5.91 Å². The van der Waals surface area contributed by atoms with Crippen LogP contribution in [0.4, 0.5) is 17.1 Å². The number of anilines is 3. The SMILES string of the molecule is CN(C)c1cccc(C(=O)OCC(=O)Nc2ccc(N3CCN(Cc4ccccc4)CC3)cc2)c1. The Morgan fingerprint density at radius 1 is 0.886 bits per heavy atom. The second kappa shape index (κ2) is 11.5. The molecule has 1 saturated heterocycles. The fraction of sp³-hybridized carbons (Fsp3) is 0.286. The third-order valence-corrected chi connectivity index (χ3v) is 6.07. The van der Waals surface area contributed by atoms with Crippen LogP contribution in [-0.4, -0.2) is 63.7 Å². The molecule has 0 atom stereocenters. The normalized spacial score (nSPS) is 13.8. The van der Waals surface area contributed by atoms with Crippen LogP contribution in [0.1, 0.15) is 15.9 Å². The Labute approximate surface area is 206 Å². The third kappa shape index (κ3) is 6.83. The average molecular weight is 473 g/mol. The number of amides is 1. The van der Waals surface area contributed by atoms with E-state index >= 15 is 0 Å². The Kier molecular flexibility index (Phi) is 8.00. The minimum atomic E-state index is -0.523. The molecule has 0 aromatic heterocycles. The van der Waals surface area contributed by atoms with Crippen molar-refractivity contribution < 1.29 is 14.3 Å². The molecule has 7 nitrogen and oxygen atoms in total. The van der Waals surface area contributed by atoms with E-state index in [9.17, 15) is 9.59 Å². The summed E-state index contributed by atoms with van der Waals surface area (Å²) < 4.78 is 5.19. The van der Waals surface area contributed by atoms with Gasteiger partial charge in [-0.1, -0.05) is 36.4 Å². The number of nitrogens with zero attached hydrogens (tertiary/aromatic N) is 3. The topological polar surface area (TPSA) is 65.1 Å². The number of ether oxygens (including phenoxy) is 1. The van der Waals surface area contributed by atoms with Gasteiger partial charge >= 0.3 is 5.97 Å². The molecule has 1 heterocycles. The van der Waals surface area contributed by atoms with Crippen molar-refractivity contribution >= 4 is 28.9 Å². The van der Waals surface area contributed by atoms with Gasteiger partial charge in [0.15, 0.2) is 6.61 Å². The summed E-state index contributed by atoms with van der Waals surface area (Å²) in [5.74, 6) is -0.894. The summed E-state index contributed by atoms with van der Waals surface area (Å²) >= 11 is 0. The van der Waals surface area contributed by atoms with Gasteiger partial charge in [-0.3, -0.25) is 9.69 Å². The van der Waals surface area contributed by atoms with Crippen molar-refractivity contribution in [3.05, 3.63) is 90.0 Å². The highest BCUT2D eigenvalue weighted by molar-refractivity contribution is 5.96. The van der Waals surface area contributed by atoms with E-state index in [-0.39, 0.29) is 12.5 Å². The Morgan fingerprint density at radius 3 is 2.29 bits per heavy atom. The Bertz CT molecular complexity index is 1120. The van der Waals surface area contributed by atoms with Gasteiger partial charge in [0.1, 0.15) is 0 Å². The number of carbonyl (C=O) groups is 2. The summed E-state index contributed by atoms with van der Waals surface area (Å²) in [6.45, 7) is 4.58. The van der Waals surface area contributed by atoms with Crippen molar-refractivity contribution in [1.29, 1.82) is 0 Å². The molecular formula is C28H32N4O3. The van der Waals surface area contributed by atoms with E-state index in [2.05, 4.69) is 39.4 Å². The fourth-order valence-corrected chi connectivity index (χ4v) is 4.08. The Morgan fingerprint density at radius 2 is 1.60 bits per heavy atom. The fourth-order valence-electron chi connectivity index (χ4n) is 4.08. The van der Waals surface area contributed by atoms with E-state index in [0.717, 1.165) is 44.1 Å². The van der Waals surface area contributed by atoms with Gasteiger partial charge in [0, 0.05) is 63.9 Å². The van der Waals surface area contributed by atoms with Crippen LogP contribution in [0.25, 0.3) is 0 Å². The van der Waals surface area contributed by atoms with Crippen molar-refractivity contribution in [2.45, 2.75) is 6.54 Å². The number of hydrogen-bond acceptors (Lipinski definition) is 6. The number of rotatable bonds is 8. The van der Waals surface area contributed by atoms with Crippen LogP contribution >= 0.6 is 0 Å². The van der Waals surface area contributed by atoms with Crippen molar-refractivity contribution in [2.24, 2.45) is 0 Å². The van der Waals surface area contributed by atoms with Gasteiger partial charge in [-0.05, 0) is 48.0 Å². The molecule has 1 amide bonds. The monoisotopic (exact) mass is 472 g/mol. The number of benzene rings is 3. The number of piperazine rings is 1. The molecular weight excluding hydrogens is 440 g/mol. The molecule has 4 rings (SSSR count). The summed E-state index contributed by atoms with van der Waals surface area (Å²) in [6, 6.07) is 25.4. The van der Waals surface area contributed by atoms with Crippen molar-refractivity contribution in [2.75, 3.05) is 62.0 Å². The van der Waals surface area contributed by atoms with Crippen LogP contribution in [0.3, 0.4) is 0 Å². The predicted octanol–water partition coefficient (Wildman–Crippen LogP) is 3.87. The zero-order valence-electron chi connectivity index (χ0n) is 20.3. The average Bonchev–Trinajstić information content (AvgIpc) is 2.89. The minimum absolute atomic E-state index is 0.337. The summed E-state index contributed by atoms with van der Waals surface area (Å²) in [5.41, 5.74) is 4.45. The summed E-state index contributed by atoms with van der Waals surface area (Å²) in [5, 5.41) is 2.79. The number of carbonyl (C=O) groups excluding carboxylic acids is 2. The van der Waals surface area contributed by atoms with E-state index in [1.165, 1.54) is 5.56 Å². The summed E-state index contributed by atoms with van der Waals surface area (Å²) in [6.07, 6.45) is 0. The van der Waals surface area contributed by atoms with Gasteiger partial charge in [-0.25, -0.2) is 4.79 Å². The lowest BCUT2D eigenvalue weighted by Crippen LogP contribution is -2.45. The number of esters is 1. The van der Waals surface area contributed by atoms with Gasteiger partial charge in [-0.15, -0.1) is 0 Å². The number of hydrogen-bond donors (Lipinski definition) is 1. The van der Waals surface area contributed by atoms with Crippen LogP contribution in [0.2, 0.25) is 0 Å². The van der Waals surface area contributed by atoms with E-state index in [1.807, 2.05) is 55.4 Å². The second-order valence-electron chi connectivity index (χ2n) is 8.86. The first-order valence-corrected chi connectivity index (χ1v) is 11.8. The van der Waals surface area contributed by atoms with Crippen LogP contribution < -0.4 is 15.1 Å². The molecule has 1 aliphatic rings. The second-order valence-corrected chi connectivity index (χ2v) is 8.86. The van der Waals surface area contributed by atoms with E-state index in [0.29, 0.717) is 11.3 Å². The highest BCUT2D eigenvalue weighted by Crippen LogP contribution is 2.20. The Balaban J connectivity index is 1.22. The molecule has 0 radical (unpaired) electrons. The molecule has 1 aliphatic heterocycles. The highest BCUT2D eigenvalue weighted by atomic mass is 16.5. The van der Waals surface area contributed by atoms with E-state index in [4.69, 9.17) is 4.74 Å². The van der Waals surface area contributed by atoms with Gasteiger partial charge in [0.2, 0.25) is 0 Å². The molecule has 0 spiro atoms. The molecule has 3 aromatic carbocycles. The molecule has 0 saturated carbocycles. The zero-order chi connectivity index (χ0) is 24.6. The van der Waals surface area contributed by atoms with Crippen molar-refractivity contribution in [3.63, 3.8) is 0 Å². The maximum Gasteiger partial charge on any atom is 0.338 e. The molecule has 0 unspecified atom stereocenters. The lowest BCUT2D eigenvalue weighted by molar-refractivity contribution is -0.119. The molecule has 3 aromatic rings. The molecule has 1 fully saturated rings. The first-order chi connectivity index (χ1) is 17.0. The third-order valence-electron chi connectivity index (χ3n) is 6.07. The lowest BCUT2D eigenvalue weighted by atomic mass is 10.2. The summed E-state index contributed by atoms with van der Waals surface area (Å²) in [7, 11) is 3.80. The smallest absolute Gasteiger partial charge is 0.338 e. The minimum Gasteiger partial charge on any atom is -0.452 e. The molecule has 35 heavy (non-hydrogen) atoms. The van der Waals surface area contributed by atoms with Crippen LogP contribution in [0.15, 0.2) is 78.9 Å². The predicted molar refractivity (Wildman–Crippen MR) is 140 cm³/mol. The standard InChI is InChI=1S/C28H32N4O3/c1-30(2)26-10-6-9-23(19-26)28(34)35-21-27(33)29-24-11-13-25(14-12-24)32-17-15-31(16-18-32)20-22-7-4-3-5-8-22/h3-14,19H,15-18,20-21H2,1-2H3,(H,29,33). The van der Waals surface area contributed by atoms with Crippen molar-refractivity contribution in [1.82, 2.24) is 4.90 Å². The zero-order valence-corrected chi connectivity index (χ0v) is 20.3. The maximum atomic E-state index is 12.3. The van der Waals surface area contributed by atoms with Gasteiger partial charge < -0.3 is 19.9 Å². The van der Waals surface area contributed by atoms with Gasteiger partial charge in [-0.2, -0.15) is 0 Å². The Hall–Kier alpha value is -3.84. The maximum absolute atomic E-state index is 12.3. The molecule has 7 heteroatoms. The number of nitrogens with one attached hydrogen (secondary N) is 1. The van der Waals surface area contributed by atoms with Crippen LogP contribution in [0.5, 0.6) is 0 Å². The van der Waals surface area contributed by atoms with Crippen LogP contribution in [0, 0.1) is 0 Å². The van der Waals surface area contributed by atoms with Gasteiger partial charge in [0.05, 0.1) is 5.56 Å². The molecule has 0 aliphatic carbocycles. The summed E-state index contributed by atoms with van der Waals surface area (Å²) in [4.78, 5) is 31.3. The molecule has 1 N–H and O–H groups in total. The van der Waals surface area contributed by atoms with E-state index < -0.39 is 5.97 Å².